The van der Waals surface area contributed by atoms with Crippen molar-refractivity contribution in [1.82, 2.24) is 44.5 Å². The fraction of sp³-hybridized carbons (Fsp3) is 0.814. The van der Waals surface area contributed by atoms with Crippen molar-refractivity contribution in [3.05, 3.63) is 12.2 Å². The summed E-state index contributed by atoms with van der Waals surface area (Å²) in [6, 6.07) is -9.35. The number of ketones is 3. The SMILES string of the molecule is CC[C@H]1CC(=O)[C@@H]([C@H](O)[C@H](C)C/C=C/CN2CCOCC2)N(C)C(=O)[C@@H](C(C)C)N(C)C(=O)[C@@H](CC(C)C)N(C)C(=O)[C@@H](CC(C)C)N(C)C(=O)[C@H](C)NC(=O)[C@@H](C)CC(=O)[C@@H](CC(C)C)N(C)C(=O)[C@@H](C(C)C)CC(=O)[C@H](CC(C)C)N(C)C(=O)[C@@H](C)N(C)C1=O. The quantitative estimate of drug-likeness (QED) is 0.153. The molecular weight excluding hydrogens is 1170 g/mol. The molecule has 2 fully saturated rings. The molecule has 0 radical (unpaired) electrons. The van der Waals surface area contributed by atoms with Crippen molar-refractivity contribution in [2.24, 2.45) is 59.2 Å². The summed E-state index contributed by atoms with van der Waals surface area (Å²) >= 11 is 0. The third-order valence-corrected chi connectivity index (χ3v) is 18.9. The lowest BCUT2D eigenvalue weighted by atomic mass is 9.84. The van der Waals surface area contributed by atoms with Crippen LogP contribution in [0.5, 0.6) is 0 Å². The van der Waals surface area contributed by atoms with Crippen molar-refractivity contribution < 1.29 is 62.6 Å². The fourth-order valence-corrected chi connectivity index (χ4v) is 12.7. The fourth-order valence-electron chi connectivity index (χ4n) is 12.7. The van der Waals surface area contributed by atoms with Gasteiger partial charge in [0.15, 0.2) is 17.3 Å². The zero-order valence-corrected chi connectivity index (χ0v) is 60.9. The van der Waals surface area contributed by atoms with Crippen molar-refractivity contribution in [1.29, 1.82) is 0 Å². The largest absolute Gasteiger partial charge is 0.390 e. The second-order valence-corrected chi connectivity index (χ2v) is 29.2. The normalized spacial score (nSPS) is 28.1. The number of hydrogen-bond acceptors (Lipinski definition) is 14. The summed E-state index contributed by atoms with van der Waals surface area (Å²) in [5.41, 5.74) is 0. The number of nitrogens with one attached hydrogen (secondary N) is 1. The minimum absolute atomic E-state index is 0.0715. The summed E-state index contributed by atoms with van der Waals surface area (Å²) in [5.74, 6) is -10.9. The van der Waals surface area contributed by atoms with Gasteiger partial charge in [-0.1, -0.05) is 116 Å². The second-order valence-electron chi connectivity index (χ2n) is 29.2. The van der Waals surface area contributed by atoms with Crippen LogP contribution in [0.1, 0.15) is 175 Å². The maximum atomic E-state index is 15.4. The number of carbonyl (C=O) groups excluding carboxylic acids is 11. The van der Waals surface area contributed by atoms with Crippen LogP contribution in [0.3, 0.4) is 0 Å². The number of ether oxygens (including phenoxy) is 1. The van der Waals surface area contributed by atoms with E-state index in [0.717, 1.165) is 13.1 Å². The summed E-state index contributed by atoms with van der Waals surface area (Å²) in [6.07, 6.45) is 2.73. The molecule has 92 heavy (non-hydrogen) atoms. The first-order chi connectivity index (χ1) is 42.7. The van der Waals surface area contributed by atoms with Crippen molar-refractivity contribution in [2.75, 3.05) is 82.2 Å². The molecular formula is C70H123N9O13. The first-order valence-electron chi connectivity index (χ1n) is 34.0. The minimum Gasteiger partial charge on any atom is -0.390 e. The van der Waals surface area contributed by atoms with Gasteiger partial charge < -0.3 is 49.5 Å². The summed E-state index contributed by atoms with van der Waals surface area (Å²) < 4.78 is 5.50. The molecule has 0 saturated carbocycles. The molecule has 13 atom stereocenters. The molecule has 2 aliphatic heterocycles. The second kappa shape index (κ2) is 38.1. The van der Waals surface area contributed by atoms with Crippen LogP contribution in [0.4, 0.5) is 0 Å². The van der Waals surface area contributed by atoms with Gasteiger partial charge in [-0.2, -0.15) is 0 Å². The average Bonchev–Trinajstić information content (AvgIpc) is 0.824. The Kier molecular flexibility index (Phi) is 34.1. The number of morpholine rings is 1. The Morgan fingerprint density at radius 1 is 0.478 bits per heavy atom. The number of likely N-dealkylation sites (N-methyl/N-ethyl adjacent to an activating group) is 7. The minimum atomic E-state index is -1.52. The van der Waals surface area contributed by atoms with Gasteiger partial charge in [0.2, 0.25) is 47.3 Å². The number of rotatable bonds is 17. The van der Waals surface area contributed by atoms with Gasteiger partial charge in [-0.3, -0.25) is 57.6 Å². The number of aliphatic hydroxyl groups is 1. The number of nitrogens with zero attached hydrogens (tertiary/aromatic N) is 8. The van der Waals surface area contributed by atoms with E-state index in [2.05, 4.69) is 10.2 Å². The molecule has 22 nitrogen and oxygen atoms in total. The highest BCUT2D eigenvalue weighted by molar-refractivity contribution is 6.00. The third kappa shape index (κ3) is 23.1. The van der Waals surface area contributed by atoms with E-state index in [9.17, 15) is 38.7 Å². The molecule has 0 aromatic rings. The molecule has 2 rings (SSSR count). The Balaban J connectivity index is 3.00. The van der Waals surface area contributed by atoms with Crippen LogP contribution in [0.25, 0.3) is 0 Å². The van der Waals surface area contributed by atoms with E-state index in [1.54, 1.807) is 41.5 Å². The summed E-state index contributed by atoms with van der Waals surface area (Å²) in [5, 5.41) is 15.2. The van der Waals surface area contributed by atoms with E-state index in [-0.39, 0.29) is 74.4 Å². The van der Waals surface area contributed by atoms with Crippen molar-refractivity contribution in [2.45, 2.75) is 230 Å². The molecule has 0 aliphatic carbocycles. The van der Waals surface area contributed by atoms with Gasteiger partial charge in [0.1, 0.15) is 36.3 Å². The van der Waals surface area contributed by atoms with E-state index >= 15 is 19.2 Å². The van der Waals surface area contributed by atoms with Crippen LogP contribution >= 0.6 is 0 Å². The Labute approximate surface area is 553 Å². The molecule has 0 spiro atoms. The molecule has 0 aromatic carbocycles. The number of amides is 8. The summed E-state index contributed by atoms with van der Waals surface area (Å²) in [7, 11) is 10.3. The van der Waals surface area contributed by atoms with Crippen LogP contribution in [0.15, 0.2) is 12.2 Å². The molecule has 0 aromatic heterocycles. The average molecular weight is 1300 g/mol. The van der Waals surface area contributed by atoms with Crippen LogP contribution in [0, 0.1) is 59.2 Å². The Morgan fingerprint density at radius 2 is 0.913 bits per heavy atom. The predicted octanol–water partition coefficient (Wildman–Crippen LogP) is 6.24. The van der Waals surface area contributed by atoms with Crippen molar-refractivity contribution in [3.63, 3.8) is 0 Å². The number of hydrogen-bond donors (Lipinski definition) is 2. The van der Waals surface area contributed by atoms with Gasteiger partial charge >= 0.3 is 0 Å². The van der Waals surface area contributed by atoms with Gasteiger partial charge in [-0.05, 0) is 93.8 Å². The molecule has 22 heteroatoms. The Morgan fingerprint density at radius 3 is 1.38 bits per heavy atom. The van der Waals surface area contributed by atoms with E-state index < -0.39 is 155 Å². The van der Waals surface area contributed by atoms with Crippen LogP contribution in [0.2, 0.25) is 0 Å². The van der Waals surface area contributed by atoms with E-state index in [0.29, 0.717) is 26.2 Å². The lowest BCUT2D eigenvalue weighted by Gasteiger charge is -2.41. The molecule has 2 aliphatic rings. The van der Waals surface area contributed by atoms with Gasteiger partial charge in [0.05, 0.1) is 31.4 Å². The maximum absolute atomic E-state index is 15.4. The van der Waals surface area contributed by atoms with E-state index in [4.69, 9.17) is 4.74 Å². The number of Topliss-reactive ketones (excluding diaryl/α,β-unsaturated/α-hetero) is 3. The summed E-state index contributed by atoms with van der Waals surface area (Å²) in [6.45, 7) is 33.9. The first-order valence-corrected chi connectivity index (χ1v) is 34.0. The zero-order chi connectivity index (χ0) is 70.7. The molecule has 0 bridgehead atoms. The number of carbonyl (C=O) groups is 11. The van der Waals surface area contributed by atoms with Crippen molar-refractivity contribution in [3.8, 4) is 0 Å². The van der Waals surface area contributed by atoms with Crippen LogP contribution in [-0.4, -0.2) is 246 Å². The van der Waals surface area contributed by atoms with Gasteiger partial charge in [-0.25, -0.2) is 0 Å². The van der Waals surface area contributed by atoms with Gasteiger partial charge in [-0.15, -0.1) is 0 Å². The molecule has 8 amide bonds. The van der Waals surface area contributed by atoms with Gasteiger partial charge in [0.25, 0.3) is 0 Å². The van der Waals surface area contributed by atoms with Crippen molar-refractivity contribution >= 4 is 64.6 Å². The molecule has 526 valence electrons. The zero-order valence-electron chi connectivity index (χ0n) is 60.9. The van der Waals surface area contributed by atoms with E-state index in [1.807, 2.05) is 81.4 Å². The highest BCUT2D eigenvalue weighted by Crippen LogP contribution is 2.30. The standard InChI is InChI=1S/C70H123N9O13/c1-25-51-39-59(82)61(62(83)47(14)28-26-27-29-79-30-32-92-33-31-79)78(24)70(91)60(46(12)13)77(23)69(90)56(37-44(8)9)76(22)68(89)55(36-43(6)7)75(21)64(85)49(16)71-63(84)48(15)38-57(80)53(34-41(2)3)74(20)67(88)52(45(10)11)40-58(81)54(35-42(4)5)73(19)65(86)50(17)72(18)66(51)87/h26-27,41-56,60-62,83H,25,28-40H2,1-24H3,(H,71,84)/b27-26+/t47-,48+,49+,50-,51+,52-,53-,54+,55-,56-,60-,61+,62-/m1/s1. The van der Waals surface area contributed by atoms with Crippen LogP contribution < -0.4 is 5.32 Å². The predicted molar refractivity (Wildman–Crippen MR) is 358 cm³/mol. The monoisotopic (exact) mass is 1300 g/mol. The summed E-state index contributed by atoms with van der Waals surface area (Å²) in [4.78, 5) is 174. The Bertz CT molecular complexity index is 2510. The molecule has 2 heterocycles. The van der Waals surface area contributed by atoms with Gasteiger partial charge in [0, 0.05) is 106 Å². The van der Waals surface area contributed by atoms with Crippen LogP contribution in [-0.2, 0) is 57.5 Å². The molecule has 0 unspecified atom stereocenters. The lowest BCUT2D eigenvalue weighted by molar-refractivity contribution is -0.157. The number of aliphatic hydroxyl groups excluding tert-OH is 1. The first kappa shape index (κ1) is 82.5. The molecule has 2 saturated heterocycles. The van der Waals surface area contributed by atoms with E-state index in [1.165, 1.54) is 90.6 Å². The molecule has 2 N–H and O–H groups in total. The Hall–Kier alpha value is -5.61. The lowest BCUT2D eigenvalue weighted by Crippen LogP contribution is -2.61. The highest BCUT2D eigenvalue weighted by Gasteiger charge is 2.46. The maximum Gasteiger partial charge on any atom is 0.246 e. The third-order valence-electron chi connectivity index (χ3n) is 18.9. The topological polar surface area (TPSA) is 255 Å². The number of allylic oxidation sites excluding steroid dienone is 1. The smallest absolute Gasteiger partial charge is 0.246 e. The highest BCUT2D eigenvalue weighted by atomic mass is 16.5.